The number of rotatable bonds is 13. The van der Waals surface area contributed by atoms with E-state index in [1.54, 1.807) is 48.1 Å². The van der Waals surface area contributed by atoms with Crippen LogP contribution in [0.25, 0.3) is 11.1 Å². The van der Waals surface area contributed by atoms with E-state index >= 15 is 4.39 Å². The summed E-state index contributed by atoms with van der Waals surface area (Å²) in [6.45, 7) is 21.6. The number of anilines is 7. The van der Waals surface area contributed by atoms with Crippen molar-refractivity contribution in [3.05, 3.63) is 133 Å². The Labute approximate surface area is 470 Å². The summed E-state index contributed by atoms with van der Waals surface area (Å²) in [5.74, 6) is 0.691. The number of carbonyl (C=O) groups is 1. The minimum atomic E-state index is -0.428. The summed E-state index contributed by atoms with van der Waals surface area (Å²) in [7, 11) is 3.43. The molecule has 1 amide bonds. The van der Waals surface area contributed by atoms with Gasteiger partial charge in [-0.25, -0.2) is 14.4 Å². The maximum atomic E-state index is 15.5. The summed E-state index contributed by atoms with van der Waals surface area (Å²) in [5.41, 5.74) is 8.90. The molecule has 19 heteroatoms. The van der Waals surface area contributed by atoms with E-state index in [1.165, 1.54) is 28.0 Å². The largest absolute Gasteiger partial charge is 0.378 e. The molecule has 17 nitrogen and oxygen atoms in total. The van der Waals surface area contributed by atoms with E-state index in [2.05, 4.69) is 95.5 Å². The molecule has 4 saturated heterocycles. The number of pyridine rings is 4. The highest BCUT2D eigenvalue weighted by Gasteiger charge is 2.39. The maximum absolute atomic E-state index is 15.5. The molecule has 10 heterocycles. The lowest BCUT2D eigenvalue weighted by molar-refractivity contribution is -0.0698. The number of amides is 1. The molecule has 0 saturated carbocycles. The van der Waals surface area contributed by atoms with Gasteiger partial charge in [-0.2, -0.15) is 0 Å². The van der Waals surface area contributed by atoms with Gasteiger partial charge in [0.05, 0.1) is 68.0 Å². The summed E-state index contributed by atoms with van der Waals surface area (Å²) < 4.78 is 32.4. The summed E-state index contributed by atoms with van der Waals surface area (Å²) in [6.07, 6.45) is 11.9. The molecule has 418 valence electrons. The molecule has 6 aromatic rings. The zero-order valence-electron chi connectivity index (χ0n) is 46.6. The predicted octanol–water partition coefficient (Wildman–Crippen LogP) is 8.36. The van der Waals surface area contributed by atoms with Crippen molar-refractivity contribution in [2.24, 2.45) is 19.5 Å². The number of carbonyl (C=O) groups excluding carboxylic acids is 1. The Morgan fingerprint density at radius 1 is 0.696 bits per heavy atom. The van der Waals surface area contributed by atoms with Gasteiger partial charge < -0.3 is 48.5 Å². The fourth-order valence-electron chi connectivity index (χ4n) is 12.5. The van der Waals surface area contributed by atoms with Crippen LogP contribution < -0.4 is 36.5 Å². The van der Waals surface area contributed by atoms with Crippen molar-refractivity contribution in [2.75, 3.05) is 97.6 Å². The lowest BCUT2D eigenvalue weighted by atomic mass is 9.90. The molecule has 1 aromatic carbocycles. The third kappa shape index (κ3) is 11.1. The first-order valence-electron chi connectivity index (χ1n) is 28.1. The number of nitrogens with one attached hydrogen (secondary N) is 2. The Hall–Kier alpha value is -6.38. The van der Waals surface area contributed by atoms with Crippen LogP contribution in [0, 0.1) is 11.2 Å². The van der Waals surface area contributed by atoms with Crippen LogP contribution in [0.2, 0.25) is 0 Å². The van der Waals surface area contributed by atoms with Gasteiger partial charge in [0, 0.05) is 107 Å². The fourth-order valence-corrected chi connectivity index (χ4v) is 13.1. The monoisotopic (exact) mass is 1140 g/mol. The maximum Gasteiger partial charge on any atom is 0.274 e. The average molecular weight is 1140 g/mol. The molecule has 1 aliphatic carbocycles. The van der Waals surface area contributed by atoms with Crippen molar-refractivity contribution in [1.82, 2.24) is 33.5 Å². The molecule has 5 aliphatic heterocycles. The highest BCUT2D eigenvalue weighted by molar-refractivity contribution is 9.10. The van der Waals surface area contributed by atoms with Gasteiger partial charge in [0.25, 0.3) is 17.0 Å². The number of hydrogen-bond acceptors (Lipinski definition) is 13. The van der Waals surface area contributed by atoms with Crippen molar-refractivity contribution in [3.63, 3.8) is 0 Å². The standard InChI is InChI=1S/C40H48FN7O3.C20H26BrN5O2/c1-6-28-22-45(30-23-51-24-30)10-11-46(28)29-8-9-37(42-20-29)43-33-14-26(21-44(5)38(33)49)32-16-27(41)17-34(31(32)7-2)48-13-12-47-35(39(48)50)15-25-18-40(3,4)19-36(25)47;1-3-15-11-25(17-12-28-13-17)6-7-26(15)16-4-5-19(22-9-16)23-18-8-14(21)10-24(2)20(18)27/h8-9,14-17,20-21,28,30H,6-7,10-13,18-19,22-24H2,1-5H3,(H,42,43);4-5,8-10,15,17H,3,6-7,11-13H2,1-2H3,(H,22,23)/t28-;15-/m00/s1. The Kier molecular flexibility index (Phi) is 15.6. The number of piperazine rings is 2. The third-order valence-corrected chi connectivity index (χ3v) is 17.5. The molecule has 2 atom stereocenters. The Morgan fingerprint density at radius 2 is 1.27 bits per heavy atom. The van der Waals surface area contributed by atoms with Crippen LogP contribution in [0.15, 0.2) is 93.4 Å². The van der Waals surface area contributed by atoms with Crippen molar-refractivity contribution >= 4 is 61.9 Å². The number of fused-ring (bicyclic) bond motifs is 3. The zero-order valence-corrected chi connectivity index (χ0v) is 48.2. The molecule has 0 spiro atoms. The molecular weight excluding hydrogens is 1070 g/mol. The quantitative estimate of drug-likeness (QED) is 0.114. The molecule has 0 unspecified atom stereocenters. The topological polar surface area (TPSA) is 150 Å². The minimum Gasteiger partial charge on any atom is -0.378 e. The normalized spacial score (nSPS) is 20.5. The van der Waals surface area contributed by atoms with Gasteiger partial charge in [-0.05, 0) is 125 Å². The van der Waals surface area contributed by atoms with Crippen molar-refractivity contribution in [3.8, 4) is 11.1 Å². The zero-order chi connectivity index (χ0) is 55.3. The second-order valence-corrected chi connectivity index (χ2v) is 23.8. The van der Waals surface area contributed by atoms with Gasteiger partial charge in [0.15, 0.2) is 0 Å². The fraction of sp³-hybridized carbons (Fsp3) is 0.483. The van der Waals surface area contributed by atoms with Gasteiger partial charge >= 0.3 is 0 Å². The van der Waals surface area contributed by atoms with Gasteiger partial charge in [-0.15, -0.1) is 0 Å². The molecule has 0 radical (unpaired) electrons. The predicted molar refractivity (Wildman–Crippen MR) is 313 cm³/mol. The third-order valence-electron chi connectivity index (χ3n) is 17.0. The molecule has 2 N–H and O–H groups in total. The van der Waals surface area contributed by atoms with E-state index in [-0.39, 0.29) is 22.4 Å². The van der Waals surface area contributed by atoms with Crippen LogP contribution in [0.3, 0.4) is 0 Å². The highest BCUT2D eigenvalue weighted by atomic mass is 79.9. The van der Waals surface area contributed by atoms with E-state index in [0.29, 0.717) is 89.2 Å². The average Bonchev–Trinajstić information content (AvgIpc) is 4.01. The second-order valence-electron chi connectivity index (χ2n) is 22.9. The second kappa shape index (κ2) is 22.6. The van der Waals surface area contributed by atoms with Crippen molar-refractivity contribution < 1.29 is 18.7 Å². The van der Waals surface area contributed by atoms with Crippen LogP contribution in [0.4, 0.5) is 44.5 Å². The van der Waals surface area contributed by atoms with Gasteiger partial charge in [-0.3, -0.25) is 24.2 Å². The van der Waals surface area contributed by atoms with Crippen molar-refractivity contribution in [1.29, 1.82) is 0 Å². The number of nitrogens with zero attached hydrogens (tertiary/aromatic N) is 10. The Balaban J connectivity index is 0.000000199. The van der Waals surface area contributed by atoms with E-state index in [9.17, 15) is 14.4 Å². The number of aromatic nitrogens is 5. The van der Waals surface area contributed by atoms with Crippen LogP contribution in [-0.2, 0) is 49.4 Å². The summed E-state index contributed by atoms with van der Waals surface area (Å²) in [5, 5.41) is 6.37. The van der Waals surface area contributed by atoms with E-state index in [1.807, 2.05) is 37.5 Å². The minimum absolute atomic E-state index is 0.0868. The van der Waals surface area contributed by atoms with Gasteiger partial charge in [-0.1, -0.05) is 34.6 Å². The van der Waals surface area contributed by atoms with Crippen LogP contribution in [0.1, 0.15) is 74.8 Å². The van der Waals surface area contributed by atoms with Gasteiger partial charge in [0.1, 0.15) is 34.5 Å². The molecule has 79 heavy (non-hydrogen) atoms. The summed E-state index contributed by atoms with van der Waals surface area (Å²) >= 11 is 3.42. The molecule has 4 fully saturated rings. The highest BCUT2D eigenvalue weighted by Crippen LogP contribution is 2.41. The van der Waals surface area contributed by atoms with Crippen LogP contribution in [0.5, 0.6) is 0 Å². The number of benzene rings is 1. The van der Waals surface area contributed by atoms with Gasteiger partial charge in [0.2, 0.25) is 0 Å². The first-order chi connectivity index (χ1) is 38.1. The number of hydrogen-bond donors (Lipinski definition) is 2. The van der Waals surface area contributed by atoms with Crippen LogP contribution >= 0.6 is 15.9 Å². The van der Waals surface area contributed by atoms with Crippen LogP contribution in [-0.4, -0.2) is 136 Å². The first kappa shape index (κ1) is 54.6. The number of ether oxygens (including phenoxy) is 2. The summed E-state index contributed by atoms with van der Waals surface area (Å²) in [6, 6.07) is 18.6. The Morgan fingerprint density at radius 3 is 1.78 bits per heavy atom. The molecule has 12 rings (SSSR count). The lowest BCUT2D eigenvalue weighted by Gasteiger charge is -2.47. The van der Waals surface area contributed by atoms with E-state index in [0.717, 1.165) is 113 Å². The summed E-state index contributed by atoms with van der Waals surface area (Å²) in [4.78, 5) is 60.6. The smallest absolute Gasteiger partial charge is 0.274 e. The van der Waals surface area contributed by atoms with Crippen molar-refractivity contribution in [2.45, 2.75) is 97.4 Å². The number of halogens is 2. The lowest BCUT2D eigenvalue weighted by Crippen LogP contribution is -2.60. The molecule has 6 aliphatic rings. The van der Waals surface area contributed by atoms with E-state index < -0.39 is 5.82 Å². The SMILES string of the molecule is CC[C@H]1CN(C2COC2)CCN1c1ccc(Nc2cc(Br)cn(C)c2=O)nc1.CCc1c(-c2cc(Nc3ccc(N4CCN(C5COC5)C[C@@H]4CC)cn3)c(=O)n(C)c2)cc(F)cc1N1CCn2c(cc3c2CC(C)(C)C3)C1=O. The molecule has 5 aromatic heterocycles. The first-order valence-corrected chi connectivity index (χ1v) is 28.9. The molecular formula is C60H74BrFN12O5. The Bertz CT molecular complexity index is 3340. The molecule has 0 bridgehead atoms. The van der Waals surface area contributed by atoms with E-state index in [4.69, 9.17) is 14.5 Å². The number of aryl methyl sites for hydroxylation is 2.